The number of anilines is 1. The van der Waals surface area contributed by atoms with E-state index in [9.17, 15) is 4.79 Å². The van der Waals surface area contributed by atoms with Gasteiger partial charge in [-0.2, -0.15) is 0 Å². The second-order valence-corrected chi connectivity index (χ2v) is 5.00. The molecule has 0 unspecified atom stereocenters. The maximum absolute atomic E-state index is 12.0. The zero-order valence-corrected chi connectivity index (χ0v) is 11.8. The molecule has 0 saturated carbocycles. The Morgan fingerprint density at radius 1 is 1.42 bits per heavy atom. The third kappa shape index (κ3) is 3.12. The summed E-state index contributed by atoms with van der Waals surface area (Å²) in [7, 11) is 0. The molecule has 0 spiro atoms. The summed E-state index contributed by atoms with van der Waals surface area (Å²) in [6, 6.07) is 5.33. The summed E-state index contributed by atoms with van der Waals surface area (Å²) in [4.78, 5) is 12.0. The third-order valence-corrected chi connectivity index (χ3v) is 3.13. The number of rotatable bonds is 3. The number of amides is 1. The number of benzene rings is 1. The Bertz CT molecular complexity index is 606. The Balaban J connectivity index is 2.13. The van der Waals surface area contributed by atoms with Crippen LogP contribution in [0.4, 0.5) is 5.82 Å². The molecule has 6 heteroatoms. The van der Waals surface area contributed by atoms with E-state index in [2.05, 4.69) is 15.6 Å². The second-order valence-electron chi connectivity index (χ2n) is 4.60. The molecule has 0 aliphatic carbocycles. The predicted molar refractivity (Wildman–Crippen MR) is 74.5 cm³/mol. The molecule has 0 bridgehead atoms. The van der Waals surface area contributed by atoms with Crippen LogP contribution in [0.3, 0.4) is 0 Å². The predicted octanol–water partition coefficient (Wildman–Crippen LogP) is 3.07. The number of carbonyl (C=O) groups excluding carboxylic acids is 1. The van der Waals surface area contributed by atoms with Gasteiger partial charge in [0.05, 0.1) is 6.20 Å². The van der Waals surface area contributed by atoms with Gasteiger partial charge in [0.25, 0.3) is 5.91 Å². The van der Waals surface area contributed by atoms with E-state index < -0.39 is 0 Å². The highest BCUT2D eigenvalue weighted by Gasteiger charge is 2.10. The van der Waals surface area contributed by atoms with E-state index in [0.29, 0.717) is 16.4 Å². The summed E-state index contributed by atoms with van der Waals surface area (Å²) in [6.45, 7) is 5.83. The number of nitrogens with one attached hydrogen (secondary N) is 1. The Hall–Kier alpha value is -1.88. The molecule has 1 amide bonds. The van der Waals surface area contributed by atoms with Crippen molar-refractivity contribution in [2.75, 3.05) is 5.32 Å². The fourth-order valence-electron chi connectivity index (χ4n) is 1.56. The van der Waals surface area contributed by atoms with E-state index in [1.165, 1.54) is 0 Å². The van der Waals surface area contributed by atoms with E-state index in [0.717, 1.165) is 5.56 Å². The van der Waals surface area contributed by atoms with Crippen molar-refractivity contribution in [3.63, 3.8) is 0 Å². The van der Waals surface area contributed by atoms with E-state index >= 15 is 0 Å². The summed E-state index contributed by atoms with van der Waals surface area (Å²) in [6.07, 6.45) is 1.70. The molecule has 0 radical (unpaired) electrons. The molecular formula is C13H15ClN4O. The number of aryl methyl sites for hydroxylation is 1. The van der Waals surface area contributed by atoms with Crippen molar-refractivity contribution in [2.45, 2.75) is 26.8 Å². The minimum Gasteiger partial charge on any atom is -0.304 e. The van der Waals surface area contributed by atoms with Crippen LogP contribution in [-0.2, 0) is 0 Å². The first-order valence-corrected chi connectivity index (χ1v) is 6.34. The molecular weight excluding hydrogens is 264 g/mol. The Kier molecular flexibility index (Phi) is 3.85. The summed E-state index contributed by atoms with van der Waals surface area (Å²) in [5, 5.41) is 11.2. The van der Waals surface area contributed by atoms with Gasteiger partial charge in [-0.1, -0.05) is 16.8 Å². The first-order valence-electron chi connectivity index (χ1n) is 5.96. The molecule has 1 heterocycles. The zero-order chi connectivity index (χ0) is 14.0. The normalized spacial score (nSPS) is 10.8. The quantitative estimate of drug-likeness (QED) is 0.938. The van der Waals surface area contributed by atoms with Crippen LogP contribution in [0.5, 0.6) is 0 Å². The van der Waals surface area contributed by atoms with Crippen LogP contribution in [0.15, 0.2) is 24.4 Å². The number of nitrogens with zero attached hydrogens (tertiary/aromatic N) is 3. The summed E-state index contributed by atoms with van der Waals surface area (Å²) in [5.74, 6) is 0.210. The highest BCUT2D eigenvalue weighted by atomic mass is 35.5. The lowest BCUT2D eigenvalue weighted by molar-refractivity contribution is 0.102. The number of halogens is 1. The molecule has 1 N–H and O–H groups in total. The highest BCUT2D eigenvalue weighted by Crippen LogP contribution is 2.17. The summed E-state index contributed by atoms with van der Waals surface area (Å²) < 4.78 is 1.68. The van der Waals surface area contributed by atoms with E-state index in [1.807, 2.05) is 20.8 Å². The van der Waals surface area contributed by atoms with Crippen molar-refractivity contribution in [3.8, 4) is 0 Å². The molecule has 0 aliphatic heterocycles. The van der Waals surface area contributed by atoms with Gasteiger partial charge in [-0.25, -0.2) is 4.68 Å². The SMILES string of the molecule is Cc1cc(C(=O)Nc2cn(C(C)C)nn2)ccc1Cl. The number of hydrogen-bond donors (Lipinski definition) is 1. The summed E-state index contributed by atoms with van der Waals surface area (Å²) >= 11 is 5.93. The minimum absolute atomic E-state index is 0.205. The van der Waals surface area contributed by atoms with Crippen molar-refractivity contribution in [2.24, 2.45) is 0 Å². The maximum atomic E-state index is 12.0. The number of hydrogen-bond acceptors (Lipinski definition) is 3. The molecule has 1 aromatic heterocycles. The van der Waals surface area contributed by atoms with E-state index in [1.54, 1.807) is 29.1 Å². The molecule has 1 aromatic carbocycles. The Morgan fingerprint density at radius 2 is 2.16 bits per heavy atom. The van der Waals surface area contributed by atoms with Crippen molar-refractivity contribution in [3.05, 3.63) is 40.5 Å². The van der Waals surface area contributed by atoms with Gasteiger partial charge in [-0.3, -0.25) is 4.79 Å². The maximum Gasteiger partial charge on any atom is 0.256 e. The fourth-order valence-corrected chi connectivity index (χ4v) is 1.68. The number of aromatic nitrogens is 3. The van der Waals surface area contributed by atoms with Crippen molar-refractivity contribution in [1.29, 1.82) is 0 Å². The van der Waals surface area contributed by atoms with Gasteiger partial charge in [0.1, 0.15) is 0 Å². The van der Waals surface area contributed by atoms with Crippen molar-refractivity contribution >= 4 is 23.3 Å². The fraction of sp³-hybridized carbons (Fsp3) is 0.308. The molecule has 19 heavy (non-hydrogen) atoms. The Labute approximate surface area is 116 Å². The van der Waals surface area contributed by atoms with Gasteiger partial charge in [-0.05, 0) is 44.5 Å². The van der Waals surface area contributed by atoms with Crippen LogP contribution >= 0.6 is 11.6 Å². The zero-order valence-electron chi connectivity index (χ0n) is 11.0. The smallest absolute Gasteiger partial charge is 0.256 e. The topological polar surface area (TPSA) is 59.8 Å². The van der Waals surface area contributed by atoms with Gasteiger partial charge in [0.2, 0.25) is 0 Å². The lowest BCUT2D eigenvalue weighted by Gasteiger charge is -2.04. The average Bonchev–Trinajstić information content (AvgIpc) is 2.81. The van der Waals surface area contributed by atoms with Crippen LogP contribution < -0.4 is 5.32 Å². The summed E-state index contributed by atoms with van der Waals surface area (Å²) in [5.41, 5.74) is 1.40. The second kappa shape index (κ2) is 5.40. The molecule has 0 aliphatic rings. The highest BCUT2D eigenvalue weighted by molar-refractivity contribution is 6.31. The molecule has 0 atom stereocenters. The van der Waals surface area contributed by atoms with Gasteiger partial charge in [0, 0.05) is 16.6 Å². The van der Waals surface area contributed by atoms with Gasteiger partial charge >= 0.3 is 0 Å². The average molecular weight is 279 g/mol. The van der Waals surface area contributed by atoms with Crippen LogP contribution in [0, 0.1) is 6.92 Å². The van der Waals surface area contributed by atoms with Gasteiger partial charge in [-0.15, -0.1) is 5.10 Å². The first kappa shape index (κ1) is 13.5. The number of carbonyl (C=O) groups is 1. The van der Waals surface area contributed by atoms with Crippen LogP contribution in [-0.4, -0.2) is 20.9 Å². The largest absolute Gasteiger partial charge is 0.304 e. The standard InChI is InChI=1S/C13H15ClN4O/c1-8(2)18-7-12(16-17-18)15-13(19)10-4-5-11(14)9(3)6-10/h4-8H,1-3H3,(H,15,19). The lowest BCUT2D eigenvalue weighted by Crippen LogP contribution is -2.12. The van der Waals surface area contributed by atoms with E-state index in [4.69, 9.17) is 11.6 Å². The van der Waals surface area contributed by atoms with Crippen LogP contribution in [0.2, 0.25) is 5.02 Å². The van der Waals surface area contributed by atoms with Crippen LogP contribution in [0.1, 0.15) is 35.8 Å². The van der Waals surface area contributed by atoms with Crippen LogP contribution in [0.25, 0.3) is 0 Å². The van der Waals surface area contributed by atoms with Gasteiger partial charge in [0.15, 0.2) is 5.82 Å². The molecule has 100 valence electrons. The monoisotopic (exact) mass is 278 g/mol. The first-order chi connectivity index (χ1) is 8.97. The van der Waals surface area contributed by atoms with E-state index in [-0.39, 0.29) is 11.9 Å². The minimum atomic E-state index is -0.226. The molecule has 0 fully saturated rings. The third-order valence-electron chi connectivity index (χ3n) is 2.70. The van der Waals surface area contributed by atoms with Gasteiger partial charge < -0.3 is 5.32 Å². The Morgan fingerprint density at radius 3 is 2.74 bits per heavy atom. The lowest BCUT2D eigenvalue weighted by atomic mass is 10.1. The molecule has 2 aromatic rings. The van der Waals surface area contributed by atoms with Crippen molar-refractivity contribution < 1.29 is 4.79 Å². The molecule has 0 saturated heterocycles. The van der Waals surface area contributed by atoms with Crippen molar-refractivity contribution in [1.82, 2.24) is 15.0 Å². The molecule has 2 rings (SSSR count). The molecule has 5 nitrogen and oxygen atoms in total.